The second kappa shape index (κ2) is 7.46. The summed E-state index contributed by atoms with van der Waals surface area (Å²) in [6.07, 6.45) is 8.80. The van der Waals surface area contributed by atoms with Crippen molar-refractivity contribution in [3.63, 3.8) is 0 Å². The van der Waals surface area contributed by atoms with E-state index in [-0.39, 0.29) is 17.9 Å². The number of hydrogen-bond acceptors (Lipinski definition) is 5. The van der Waals surface area contributed by atoms with E-state index in [0.29, 0.717) is 54.5 Å². The summed E-state index contributed by atoms with van der Waals surface area (Å²) in [5.74, 6) is 0.628. The van der Waals surface area contributed by atoms with Gasteiger partial charge in [-0.05, 0) is 18.4 Å². The van der Waals surface area contributed by atoms with Gasteiger partial charge < -0.3 is 19.9 Å². The van der Waals surface area contributed by atoms with Crippen molar-refractivity contribution in [2.24, 2.45) is 5.92 Å². The Morgan fingerprint density at radius 1 is 1.39 bits per heavy atom. The summed E-state index contributed by atoms with van der Waals surface area (Å²) < 4.78 is 5.96. The van der Waals surface area contributed by atoms with Crippen LogP contribution in [0.5, 0.6) is 5.88 Å². The average molecular weight is 381 g/mol. The molecule has 2 aromatic heterocycles. The standard InChI is InChI=1S/C20H23N5O3/c1-3-17(26)25-6-4-14(5-7-25)28-16-11-22-19-18(24-16)15(10-21-19)20(27)23-13-8-12(2)9-13/h3,8,10-12,14H,1,4-7,9H2,2H3,(H,21,22)(H,23,27). The normalized spacial score (nSPS) is 19.7. The third-order valence-corrected chi connectivity index (χ3v) is 5.12. The number of nitrogens with zero attached hydrogens (tertiary/aromatic N) is 3. The fourth-order valence-corrected chi connectivity index (χ4v) is 3.56. The van der Waals surface area contributed by atoms with Crippen LogP contribution in [0.1, 0.15) is 36.5 Å². The molecular formula is C20H23N5O3. The zero-order valence-corrected chi connectivity index (χ0v) is 15.8. The number of carbonyl (C=O) groups excluding carboxylic acids is 2. The molecule has 1 aliphatic heterocycles. The minimum Gasteiger partial charge on any atom is -0.473 e. The molecule has 0 radical (unpaired) electrons. The number of rotatable bonds is 5. The van der Waals surface area contributed by atoms with Gasteiger partial charge in [-0.2, -0.15) is 0 Å². The summed E-state index contributed by atoms with van der Waals surface area (Å²) in [5.41, 5.74) is 2.41. The molecule has 8 heteroatoms. The first-order chi connectivity index (χ1) is 13.5. The van der Waals surface area contributed by atoms with Crippen molar-refractivity contribution in [3.05, 3.63) is 42.4 Å². The number of hydrogen-bond donors (Lipinski definition) is 2. The smallest absolute Gasteiger partial charge is 0.259 e. The molecule has 8 nitrogen and oxygen atoms in total. The summed E-state index contributed by atoms with van der Waals surface area (Å²) in [7, 11) is 0. The summed E-state index contributed by atoms with van der Waals surface area (Å²) >= 11 is 0. The molecule has 2 aliphatic rings. The Balaban J connectivity index is 1.44. The molecule has 0 saturated carbocycles. The van der Waals surface area contributed by atoms with Crippen molar-refractivity contribution in [1.29, 1.82) is 0 Å². The van der Waals surface area contributed by atoms with Crippen LogP contribution in [0.4, 0.5) is 0 Å². The number of nitrogens with one attached hydrogen (secondary N) is 2. The minimum atomic E-state index is -0.202. The molecule has 3 heterocycles. The van der Waals surface area contributed by atoms with Gasteiger partial charge in [-0.25, -0.2) is 9.97 Å². The molecule has 1 atom stereocenters. The molecule has 146 valence electrons. The number of H-pyrrole nitrogens is 1. The summed E-state index contributed by atoms with van der Waals surface area (Å²) in [6, 6.07) is 0. The number of aromatic nitrogens is 3. The second-order valence-corrected chi connectivity index (χ2v) is 7.28. The van der Waals surface area contributed by atoms with Crippen molar-refractivity contribution in [1.82, 2.24) is 25.2 Å². The zero-order valence-electron chi connectivity index (χ0n) is 15.8. The molecule has 1 unspecified atom stereocenters. The highest BCUT2D eigenvalue weighted by Crippen LogP contribution is 2.24. The Kier molecular flexibility index (Phi) is 4.85. The number of carbonyl (C=O) groups is 2. The highest BCUT2D eigenvalue weighted by Gasteiger charge is 2.24. The first-order valence-electron chi connectivity index (χ1n) is 9.47. The Morgan fingerprint density at radius 3 is 2.82 bits per heavy atom. The molecule has 2 N–H and O–H groups in total. The largest absolute Gasteiger partial charge is 0.473 e. The van der Waals surface area contributed by atoms with Crippen LogP contribution in [0.15, 0.2) is 36.8 Å². The molecule has 4 rings (SSSR count). The van der Waals surface area contributed by atoms with E-state index in [2.05, 4.69) is 33.8 Å². The number of aromatic amines is 1. The van der Waals surface area contributed by atoms with E-state index in [1.807, 2.05) is 6.08 Å². The van der Waals surface area contributed by atoms with Crippen LogP contribution in [0, 0.1) is 5.92 Å². The van der Waals surface area contributed by atoms with Crippen LogP contribution >= 0.6 is 0 Å². The third kappa shape index (κ3) is 3.62. The number of likely N-dealkylation sites (tertiary alicyclic amines) is 1. The highest BCUT2D eigenvalue weighted by atomic mass is 16.5. The van der Waals surface area contributed by atoms with Crippen LogP contribution < -0.4 is 10.1 Å². The highest BCUT2D eigenvalue weighted by molar-refractivity contribution is 6.05. The lowest BCUT2D eigenvalue weighted by atomic mass is 9.93. The van der Waals surface area contributed by atoms with Gasteiger partial charge in [0.05, 0.1) is 11.8 Å². The van der Waals surface area contributed by atoms with Crippen LogP contribution in [0.25, 0.3) is 11.2 Å². The molecule has 0 spiro atoms. The first kappa shape index (κ1) is 18.2. The van der Waals surface area contributed by atoms with Crippen molar-refractivity contribution in [2.45, 2.75) is 32.3 Å². The van der Waals surface area contributed by atoms with Gasteiger partial charge in [-0.1, -0.05) is 19.6 Å². The van der Waals surface area contributed by atoms with Crippen molar-refractivity contribution in [2.75, 3.05) is 13.1 Å². The molecule has 2 amide bonds. The van der Waals surface area contributed by atoms with E-state index >= 15 is 0 Å². The van der Waals surface area contributed by atoms with E-state index in [1.54, 1.807) is 17.3 Å². The van der Waals surface area contributed by atoms with E-state index in [9.17, 15) is 9.59 Å². The number of allylic oxidation sites excluding steroid dienone is 2. The lowest BCUT2D eigenvalue weighted by Gasteiger charge is -2.31. The maximum atomic E-state index is 12.5. The fourth-order valence-electron chi connectivity index (χ4n) is 3.56. The Bertz CT molecular complexity index is 956. The topological polar surface area (TPSA) is 100 Å². The predicted octanol–water partition coefficient (Wildman–Crippen LogP) is 2.17. The summed E-state index contributed by atoms with van der Waals surface area (Å²) in [6.45, 7) is 6.87. The van der Waals surface area contributed by atoms with Gasteiger partial charge in [-0.3, -0.25) is 9.59 Å². The average Bonchev–Trinajstić information content (AvgIpc) is 3.10. The third-order valence-electron chi connectivity index (χ3n) is 5.12. The van der Waals surface area contributed by atoms with E-state index in [0.717, 1.165) is 12.1 Å². The van der Waals surface area contributed by atoms with E-state index < -0.39 is 0 Å². The van der Waals surface area contributed by atoms with Crippen LogP contribution in [-0.2, 0) is 4.79 Å². The van der Waals surface area contributed by atoms with Gasteiger partial charge in [0.15, 0.2) is 5.65 Å². The Labute approximate surface area is 162 Å². The van der Waals surface area contributed by atoms with E-state index in [4.69, 9.17) is 4.74 Å². The molecule has 2 aromatic rings. The van der Waals surface area contributed by atoms with Gasteiger partial charge >= 0.3 is 0 Å². The minimum absolute atomic E-state index is 0.0431. The van der Waals surface area contributed by atoms with Gasteiger partial charge in [-0.15, -0.1) is 0 Å². The van der Waals surface area contributed by atoms with Gasteiger partial charge in [0.1, 0.15) is 11.6 Å². The molecular weight excluding hydrogens is 358 g/mol. The lowest BCUT2D eigenvalue weighted by molar-refractivity contribution is -0.127. The number of amides is 2. The van der Waals surface area contributed by atoms with Crippen LogP contribution in [0.3, 0.4) is 0 Å². The Hall–Kier alpha value is -3.16. The predicted molar refractivity (Wildman–Crippen MR) is 104 cm³/mol. The molecule has 0 bridgehead atoms. The van der Waals surface area contributed by atoms with Gasteiger partial charge in [0.2, 0.25) is 11.8 Å². The quantitative estimate of drug-likeness (QED) is 0.773. The molecule has 0 aromatic carbocycles. The molecule has 1 aliphatic carbocycles. The fraction of sp³-hybridized carbons (Fsp3) is 0.400. The number of fused-ring (bicyclic) bond motifs is 1. The van der Waals surface area contributed by atoms with Gasteiger partial charge in [0.25, 0.3) is 5.91 Å². The van der Waals surface area contributed by atoms with Crippen molar-refractivity contribution < 1.29 is 14.3 Å². The summed E-state index contributed by atoms with van der Waals surface area (Å²) in [4.78, 5) is 37.7. The second-order valence-electron chi connectivity index (χ2n) is 7.28. The van der Waals surface area contributed by atoms with Crippen molar-refractivity contribution in [3.8, 4) is 5.88 Å². The van der Waals surface area contributed by atoms with Gasteiger partial charge in [0, 0.05) is 37.8 Å². The maximum Gasteiger partial charge on any atom is 0.259 e. The summed E-state index contributed by atoms with van der Waals surface area (Å²) in [5, 5.41) is 2.91. The Morgan fingerprint density at radius 2 is 2.14 bits per heavy atom. The zero-order chi connectivity index (χ0) is 19.7. The molecule has 28 heavy (non-hydrogen) atoms. The van der Waals surface area contributed by atoms with Crippen LogP contribution in [0.2, 0.25) is 0 Å². The lowest BCUT2D eigenvalue weighted by Crippen LogP contribution is -2.41. The molecule has 1 fully saturated rings. The van der Waals surface area contributed by atoms with Crippen LogP contribution in [-0.4, -0.2) is 50.9 Å². The number of ether oxygens (including phenoxy) is 1. The van der Waals surface area contributed by atoms with E-state index in [1.165, 1.54) is 6.08 Å². The van der Waals surface area contributed by atoms with Crippen molar-refractivity contribution >= 4 is 23.0 Å². The molecule has 1 saturated heterocycles. The first-order valence-corrected chi connectivity index (χ1v) is 9.47. The maximum absolute atomic E-state index is 12.5. The SMILES string of the molecule is C=CC(=O)N1CCC(Oc2cnc3[nH]cc(C(=O)NC4=CC(C)C4)c3n2)CC1. The monoisotopic (exact) mass is 381 g/mol. The number of piperidine rings is 1.